The molecule has 1 N–H and O–H groups in total. The van der Waals surface area contributed by atoms with Crippen LogP contribution in [-0.2, 0) is 47.0 Å². The lowest BCUT2D eigenvalue weighted by Crippen LogP contribution is -2.27. The van der Waals surface area contributed by atoms with Crippen molar-refractivity contribution in [2.24, 2.45) is 0 Å². The quantitative estimate of drug-likeness (QED) is 0.175. The van der Waals surface area contributed by atoms with E-state index in [9.17, 15) is 9.59 Å². The van der Waals surface area contributed by atoms with Gasteiger partial charge in [0.05, 0.1) is 24.7 Å². The summed E-state index contributed by atoms with van der Waals surface area (Å²) in [6.07, 6.45) is 0.420. The molecule has 0 saturated carbocycles. The molecule has 0 aliphatic carbocycles. The minimum Gasteiger partial charge on any atom is -0.493 e. The molecule has 8 nitrogen and oxygen atoms in total. The van der Waals surface area contributed by atoms with Gasteiger partial charge in [-0.2, -0.15) is 0 Å². The van der Waals surface area contributed by atoms with E-state index >= 15 is 0 Å². The molecule has 4 rings (SSSR count). The first-order valence-electron chi connectivity index (χ1n) is 15.4. The molecule has 0 bridgehead atoms. The van der Waals surface area contributed by atoms with Crippen molar-refractivity contribution in [1.82, 2.24) is 5.32 Å². The van der Waals surface area contributed by atoms with Gasteiger partial charge in [-0.1, -0.05) is 72.8 Å². The van der Waals surface area contributed by atoms with E-state index in [0.29, 0.717) is 41.4 Å². The van der Waals surface area contributed by atoms with Gasteiger partial charge in [-0.15, -0.1) is 0 Å². The largest absolute Gasteiger partial charge is 0.493 e. The Morgan fingerprint density at radius 1 is 0.744 bits per heavy atom. The zero-order chi connectivity index (χ0) is 32.9. The van der Waals surface area contributed by atoms with Crippen LogP contribution in [0, 0.1) is 0 Å². The van der Waals surface area contributed by atoms with Crippen molar-refractivity contribution < 1.29 is 37.4 Å². The summed E-state index contributed by atoms with van der Waals surface area (Å²) in [5, 5.41) is 2.90. The summed E-state index contributed by atoms with van der Waals surface area (Å²) >= 11 is 0. The van der Waals surface area contributed by atoms with Crippen LogP contribution in [0.3, 0.4) is 0 Å². The summed E-state index contributed by atoms with van der Waals surface area (Å²) < 4.78 is 50.7. The third kappa shape index (κ3) is 9.26. The minimum absolute atomic E-state index is 0.00555. The van der Waals surface area contributed by atoms with Crippen LogP contribution in [0.2, 0.25) is 0 Å². The van der Waals surface area contributed by atoms with Gasteiger partial charge >= 0.3 is 5.97 Å². The summed E-state index contributed by atoms with van der Waals surface area (Å²) in [5.41, 5.74) is 3.81. The van der Waals surface area contributed by atoms with Gasteiger partial charge in [0.15, 0.2) is 23.0 Å². The Kier molecular flexibility index (Phi) is 9.92. The number of esters is 1. The predicted molar refractivity (Wildman–Crippen MR) is 163 cm³/mol. The fourth-order valence-electron chi connectivity index (χ4n) is 4.44. The summed E-state index contributed by atoms with van der Waals surface area (Å²) in [6.45, 7) is 2.06. The Bertz CT molecular complexity index is 1600. The van der Waals surface area contributed by atoms with Gasteiger partial charge in [0.25, 0.3) is 0 Å². The second-order valence-electron chi connectivity index (χ2n) is 9.72. The van der Waals surface area contributed by atoms with Crippen LogP contribution >= 0.6 is 0 Å². The molecular formula is C35H37NO7. The average Bonchev–Trinajstić information content (AvgIpc) is 3.03. The van der Waals surface area contributed by atoms with Crippen molar-refractivity contribution in [3.63, 3.8) is 0 Å². The number of methoxy groups -OCH3 is 2. The van der Waals surface area contributed by atoms with E-state index in [1.807, 2.05) is 60.7 Å². The molecule has 43 heavy (non-hydrogen) atoms. The first-order chi connectivity index (χ1) is 22.1. The Labute approximate surface area is 256 Å². The van der Waals surface area contributed by atoms with Crippen LogP contribution in [0.4, 0.5) is 0 Å². The zero-order valence-corrected chi connectivity index (χ0v) is 24.3. The SMILES string of the molecule is [2H]C([2H])([2H])Oc1cc(CCNC(=O)Cc2ccc(OCc3ccccc3)c(OC)c2COC(C)=O)ccc1OCc1ccccc1. The lowest BCUT2D eigenvalue weighted by molar-refractivity contribution is -0.142. The normalized spacial score (nSPS) is 11.8. The second-order valence-corrected chi connectivity index (χ2v) is 9.72. The predicted octanol–water partition coefficient (Wildman–Crippen LogP) is 5.83. The third-order valence-electron chi connectivity index (χ3n) is 6.62. The number of carbonyl (C=O) groups is 2. The van der Waals surface area contributed by atoms with Crippen molar-refractivity contribution >= 4 is 11.9 Å². The molecule has 0 saturated heterocycles. The van der Waals surface area contributed by atoms with E-state index in [4.69, 9.17) is 27.8 Å². The van der Waals surface area contributed by atoms with Gasteiger partial charge < -0.3 is 29.0 Å². The lowest BCUT2D eigenvalue weighted by Gasteiger charge is -2.18. The van der Waals surface area contributed by atoms with E-state index in [1.54, 1.807) is 30.3 Å². The van der Waals surface area contributed by atoms with Crippen molar-refractivity contribution in [3.05, 3.63) is 119 Å². The molecule has 4 aromatic rings. The van der Waals surface area contributed by atoms with E-state index in [-0.39, 0.29) is 37.8 Å². The van der Waals surface area contributed by atoms with Gasteiger partial charge in [-0.25, -0.2) is 0 Å². The monoisotopic (exact) mass is 586 g/mol. The number of nitrogens with one attached hydrogen (secondary N) is 1. The first kappa shape index (κ1) is 26.9. The van der Waals surface area contributed by atoms with Crippen molar-refractivity contribution in [2.45, 2.75) is 39.6 Å². The molecule has 0 spiro atoms. The maximum Gasteiger partial charge on any atom is 0.302 e. The molecule has 1 amide bonds. The van der Waals surface area contributed by atoms with Crippen molar-refractivity contribution in [3.8, 4) is 23.0 Å². The van der Waals surface area contributed by atoms with E-state index in [2.05, 4.69) is 5.32 Å². The lowest BCUT2D eigenvalue weighted by atomic mass is 10.0. The Hall–Kier alpha value is -4.98. The molecule has 8 heteroatoms. The Balaban J connectivity index is 1.41. The standard InChI is InChI=1S/C35H37NO7/c1-25(37)41-24-30-29(15-17-32(35(30)40-3)43-23-28-12-8-5-9-13-28)21-34(38)36-19-18-26-14-16-31(33(20-26)39-2)42-22-27-10-6-4-7-11-27/h4-17,20H,18-19,21-24H2,1-3H3,(H,36,38)/i2D3. The number of hydrogen-bond acceptors (Lipinski definition) is 7. The first-order valence-corrected chi connectivity index (χ1v) is 13.9. The van der Waals surface area contributed by atoms with Crippen LogP contribution in [0.5, 0.6) is 23.0 Å². The molecular weight excluding hydrogens is 546 g/mol. The van der Waals surface area contributed by atoms with E-state index in [1.165, 1.54) is 14.0 Å². The molecule has 0 aliphatic rings. The minimum atomic E-state index is -2.66. The van der Waals surface area contributed by atoms with Gasteiger partial charge in [-0.05, 0) is 46.9 Å². The van der Waals surface area contributed by atoms with Gasteiger partial charge in [0.2, 0.25) is 5.91 Å². The topological polar surface area (TPSA) is 92.3 Å². The molecule has 4 aromatic carbocycles. The number of carbonyl (C=O) groups excluding carboxylic acids is 2. The maximum absolute atomic E-state index is 13.0. The molecule has 0 fully saturated rings. The number of amides is 1. The summed E-state index contributed by atoms with van der Waals surface area (Å²) in [4.78, 5) is 24.6. The summed E-state index contributed by atoms with van der Waals surface area (Å²) in [7, 11) is -1.17. The van der Waals surface area contributed by atoms with E-state index < -0.39 is 13.0 Å². The molecule has 0 atom stereocenters. The highest BCUT2D eigenvalue weighted by atomic mass is 16.5. The van der Waals surface area contributed by atoms with Crippen LogP contribution in [-0.4, -0.2) is 32.6 Å². The molecule has 0 unspecified atom stereocenters. The van der Waals surface area contributed by atoms with Crippen LogP contribution in [0.25, 0.3) is 0 Å². The summed E-state index contributed by atoms with van der Waals surface area (Å²) in [5.74, 6) is 0.523. The van der Waals surface area contributed by atoms with Crippen molar-refractivity contribution in [1.29, 1.82) is 0 Å². The molecule has 0 radical (unpaired) electrons. The second kappa shape index (κ2) is 15.9. The fraction of sp³-hybridized carbons (Fsp3) is 0.257. The smallest absolute Gasteiger partial charge is 0.302 e. The highest BCUT2D eigenvalue weighted by Gasteiger charge is 2.19. The number of hydrogen-bond donors (Lipinski definition) is 1. The molecule has 0 heterocycles. The van der Waals surface area contributed by atoms with Gasteiger partial charge in [-0.3, -0.25) is 9.59 Å². The van der Waals surface area contributed by atoms with E-state index in [0.717, 1.165) is 16.7 Å². The summed E-state index contributed by atoms with van der Waals surface area (Å²) in [6, 6.07) is 27.7. The Morgan fingerprint density at radius 2 is 1.40 bits per heavy atom. The van der Waals surface area contributed by atoms with Crippen LogP contribution in [0.15, 0.2) is 91.0 Å². The van der Waals surface area contributed by atoms with Gasteiger partial charge in [0, 0.05) is 19.0 Å². The van der Waals surface area contributed by atoms with Crippen molar-refractivity contribution in [2.75, 3.05) is 20.7 Å². The molecule has 224 valence electrons. The zero-order valence-electron chi connectivity index (χ0n) is 27.3. The highest BCUT2D eigenvalue weighted by molar-refractivity contribution is 5.79. The molecule has 0 aromatic heterocycles. The van der Waals surface area contributed by atoms with Gasteiger partial charge in [0.1, 0.15) is 19.8 Å². The third-order valence-corrected chi connectivity index (χ3v) is 6.62. The van der Waals surface area contributed by atoms with Crippen LogP contribution in [0.1, 0.15) is 38.9 Å². The number of rotatable bonds is 15. The fourth-order valence-corrected chi connectivity index (χ4v) is 4.44. The Morgan fingerprint density at radius 3 is 2.02 bits per heavy atom. The number of ether oxygens (including phenoxy) is 5. The number of benzene rings is 4. The maximum atomic E-state index is 13.0. The van der Waals surface area contributed by atoms with Crippen LogP contribution < -0.4 is 24.3 Å². The highest BCUT2D eigenvalue weighted by Crippen LogP contribution is 2.35. The average molecular weight is 587 g/mol. The molecule has 0 aliphatic heterocycles.